The molecule has 3 N–H and O–H groups in total. The Labute approximate surface area is 97.0 Å². The van der Waals surface area contributed by atoms with Crippen molar-refractivity contribution in [2.75, 3.05) is 6.54 Å². The summed E-state index contributed by atoms with van der Waals surface area (Å²) in [5.41, 5.74) is 7.85. The lowest BCUT2D eigenvalue weighted by Crippen LogP contribution is -2.29. The molecular formula is C13H20N2O. The van der Waals surface area contributed by atoms with Gasteiger partial charge in [0.25, 0.3) is 0 Å². The second kappa shape index (κ2) is 6.28. The SMILES string of the molecule is Cc1ccc(CC(=O)NCCC(C)N)cc1. The standard InChI is InChI=1S/C13H20N2O/c1-10-3-5-12(6-4-10)9-13(16)15-8-7-11(2)14/h3-6,11H,7-9,14H2,1-2H3,(H,15,16). The van der Waals surface area contributed by atoms with E-state index in [9.17, 15) is 4.79 Å². The van der Waals surface area contributed by atoms with Crippen LogP contribution in [0.25, 0.3) is 0 Å². The van der Waals surface area contributed by atoms with Gasteiger partial charge in [-0.05, 0) is 25.8 Å². The minimum Gasteiger partial charge on any atom is -0.356 e. The zero-order valence-corrected chi connectivity index (χ0v) is 9.99. The second-order valence-electron chi connectivity index (χ2n) is 4.28. The predicted molar refractivity (Wildman–Crippen MR) is 66.2 cm³/mol. The molecule has 1 aromatic carbocycles. The Morgan fingerprint density at radius 2 is 2.00 bits per heavy atom. The first-order valence-electron chi connectivity index (χ1n) is 5.66. The minimum atomic E-state index is 0.0597. The molecule has 1 unspecified atom stereocenters. The Morgan fingerprint density at radius 1 is 1.38 bits per heavy atom. The predicted octanol–water partition coefficient (Wildman–Crippen LogP) is 1.39. The van der Waals surface area contributed by atoms with Crippen LogP contribution in [-0.4, -0.2) is 18.5 Å². The molecule has 1 amide bonds. The zero-order valence-electron chi connectivity index (χ0n) is 9.99. The molecule has 0 fully saturated rings. The van der Waals surface area contributed by atoms with E-state index in [1.165, 1.54) is 5.56 Å². The molecule has 3 heteroatoms. The third-order valence-corrected chi connectivity index (χ3v) is 2.41. The number of carbonyl (C=O) groups excluding carboxylic acids is 1. The van der Waals surface area contributed by atoms with Gasteiger partial charge in [0.2, 0.25) is 5.91 Å². The summed E-state index contributed by atoms with van der Waals surface area (Å²) < 4.78 is 0. The Balaban J connectivity index is 2.31. The van der Waals surface area contributed by atoms with Gasteiger partial charge in [-0.3, -0.25) is 4.79 Å². The number of nitrogens with one attached hydrogen (secondary N) is 1. The molecular weight excluding hydrogens is 200 g/mol. The van der Waals surface area contributed by atoms with Gasteiger partial charge in [-0.1, -0.05) is 29.8 Å². The van der Waals surface area contributed by atoms with Gasteiger partial charge in [-0.15, -0.1) is 0 Å². The molecule has 1 aromatic rings. The molecule has 88 valence electrons. The highest BCUT2D eigenvalue weighted by molar-refractivity contribution is 5.78. The minimum absolute atomic E-state index is 0.0597. The Bertz CT molecular complexity index is 330. The largest absolute Gasteiger partial charge is 0.356 e. The number of aryl methyl sites for hydroxylation is 1. The van der Waals surface area contributed by atoms with Crippen LogP contribution >= 0.6 is 0 Å². The van der Waals surface area contributed by atoms with Crippen LogP contribution < -0.4 is 11.1 Å². The van der Waals surface area contributed by atoms with Crippen molar-refractivity contribution >= 4 is 5.91 Å². The van der Waals surface area contributed by atoms with E-state index < -0.39 is 0 Å². The molecule has 0 bridgehead atoms. The first-order chi connectivity index (χ1) is 7.58. The summed E-state index contributed by atoms with van der Waals surface area (Å²) >= 11 is 0. The smallest absolute Gasteiger partial charge is 0.224 e. The van der Waals surface area contributed by atoms with Crippen molar-refractivity contribution in [3.8, 4) is 0 Å². The molecule has 1 rings (SSSR count). The molecule has 1 atom stereocenters. The van der Waals surface area contributed by atoms with Crippen molar-refractivity contribution in [3.63, 3.8) is 0 Å². The Morgan fingerprint density at radius 3 is 2.56 bits per heavy atom. The summed E-state index contributed by atoms with van der Waals surface area (Å²) in [5, 5.41) is 2.86. The third-order valence-electron chi connectivity index (χ3n) is 2.41. The van der Waals surface area contributed by atoms with Crippen molar-refractivity contribution < 1.29 is 4.79 Å². The van der Waals surface area contributed by atoms with Gasteiger partial charge in [0.1, 0.15) is 0 Å². The fourth-order valence-electron chi connectivity index (χ4n) is 1.39. The first kappa shape index (κ1) is 12.7. The number of carbonyl (C=O) groups is 1. The zero-order chi connectivity index (χ0) is 12.0. The molecule has 0 heterocycles. The highest BCUT2D eigenvalue weighted by Gasteiger charge is 2.02. The summed E-state index contributed by atoms with van der Waals surface area (Å²) in [7, 11) is 0. The molecule has 0 saturated carbocycles. The highest BCUT2D eigenvalue weighted by Crippen LogP contribution is 2.03. The maximum Gasteiger partial charge on any atom is 0.224 e. The monoisotopic (exact) mass is 220 g/mol. The molecule has 0 saturated heterocycles. The van der Waals surface area contributed by atoms with Crippen LogP contribution in [0.2, 0.25) is 0 Å². The summed E-state index contributed by atoms with van der Waals surface area (Å²) in [6, 6.07) is 8.15. The molecule has 0 aromatic heterocycles. The van der Waals surface area contributed by atoms with E-state index in [0.717, 1.165) is 12.0 Å². The number of rotatable bonds is 5. The number of benzene rings is 1. The second-order valence-corrected chi connectivity index (χ2v) is 4.28. The van der Waals surface area contributed by atoms with Gasteiger partial charge >= 0.3 is 0 Å². The number of hydrogen-bond donors (Lipinski definition) is 2. The van der Waals surface area contributed by atoms with Crippen LogP contribution in [0.15, 0.2) is 24.3 Å². The number of hydrogen-bond acceptors (Lipinski definition) is 2. The van der Waals surface area contributed by atoms with Crippen LogP contribution in [0.1, 0.15) is 24.5 Å². The Hall–Kier alpha value is -1.35. The molecule has 0 aliphatic rings. The van der Waals surface area contributed by atoms with E-state index in [2.05, 4.69) is 5.32 Å². The first-order valence-corrected chi connectivity index (χ1v) is 5.66. The van der Waals surface area contributed by atoms with Gasteiger partial charge in [0, 0.05) is 12.6 Å². The normalized spacial score (nSPS) is 12.2. The van der Waals surface area contributed by atoms with E-state index in [0.29, 0.717) is 13.0 Å². The number of nitrogens with two attached hydrogens (primary N) is 1. The quantitative estimate of drug-likeness (QED) is 0.788. The van der Waals surface area contributed by atoms with E-state index in [4.69, 9.17) is 5.73 Å². The van der Waals surface area contributed by atoms with E-state index >= 15 is 0 Å². The van der Waals surface area contributed by atoms with Crippen molar-refractivity contribution in [2.45, 2.75) is 32.7 Å². The van der Waals surface area contributed by atoms with Crippen LogP contribution in [-0.2, 0) is 11.2 Å². The summed E-state index contributed by atoms with van der Waals surface area (Å²) in [5.74, 6) is 0.0597. The van der Waals surface area contributed by atoms with Crippen LogP contribution in [0.3, 0.4) is 0 Å². The summed E-state index contributed by atoms with van der Waals surface area (Å²) in [4.78, 5) is 11.5. The van der Waals surface area contributed by atoms with Crippen molar-refractivity contribution in [1.29, 1.82) is 0 Å². The maximum absolute atomic E-state index is 11.5. The van der Waals surface area contributed by atoms with Gasteiger partial charge in [-0.25, -0.2) is 0 Å². The maximum atomic E-state index is 11.5. The highest BCUT2D eigenvalue weighted by atomic mass is 16.1. The van der Waals surface area contributed by atoms with Crippen LogP contribution in [0, 0.1) is 6.92 Å². The molecule has 0 aliphatic carbocycles. The van der Waals surface area contributed by atoms with Crippen LogP contribution in [0.4, 0.5) is 0 Å². The van der Waals surface area contributed by atoms with Crippen molar-refractivity contribution in [2.24, 2.45) is 5.73 Å². The molecule has 16 heavy (non-hydrogen) atoms. The van der Waals surface area contributed by atoms with E-state index in [1.807, 2.05) is 38.1 Å². The van der Waals surface area contributed by atoms with Crippen LogP contribution in [0.5, 0.6) is 0 Å². The van der Waals surface area contributed by atoms with Gasteiger partial charge < -0.3 is 11.1 Å². The third kappa shape index (κ3) is 4.94. The van der Waals surface area contributed by atoms with E-state index in [-0.39, 0.29) is 11.9 Å². The molecule has 0 aliphatic heterocycles. The fourth-order valence-corrected chi connectivity index (χ4v) is 1.39. The summed E-state index contributed by atoms with van der Waals surface area (Å²) in [6.07, 6.45) is 1.26. The topological polar surface area (TPSA) is 55.1 Å². The van der Waals surface area contributed by atoms with Crippen molar-refractivity contribution in [1.82, 2.24) is 5.32 Å². The fraction of sp³-hybridized carbons (Fsp3) is 0.462. The van der Waals surface area contributed by atoms with E-state index in [1.54, 1.807) is 0 Å². The number of amides is 1. The van der Waals surface area contributed by atoms with Gasteiger partial charge in [0.15, 0.2) is 0 Å². The lowest BCUT2D eigenvalue weighted by molar-refractivity contribution is -0.120. The van der Waals surface area contributed by atoms with Gasteiger partial charge in [-0.2, -0.15) is 0 Å². The molecule has 0 radical (unpaired) electrons. The van der Waals surface area contributed by atoms with Gasteiger partial charge in [0.05, 0.1) is 6.42 Å². The molecule has 0 spiro atoms. The lowest BCUT2D eigenvalue weighted by Gasteiger charge is -2.07. The van der Waals surface area contributed by atoms with Crippen molar-refractivity contribution in [3.05, 3.63) is 35.4 Å². The molecule has 3 nitrogen and oxygen atoms in total. The Kier molecular flexibility index (Phi) is 4.99. The average Bonchev–Trinajstić information content (AvgIpc) is 2.21. The summed E-state index contributed by atoms with van der Waals surface area (Å²) in [6.45, 7) is 4.63. The average molecular weight is 220 g/mol. The lowest BCUT2D eigenvalue weighted by atomic mass is 10.1.